The number of fused-ring (bicyclic) bond motifs is 5. The van der Waals surface area contributed by atoms with Crippen molar-refractivity contribution in [2.45, 2.75) is 84.8 Å². The van der Waals surface area contributed by atoms with Crippen LogP contribution in [-0.2, 0) is 28.3 Å². The van der Waals surface area contributed by atoms with E-state index in [0.717, 1.165) is 11.1 Å². The molecule has 0 N–H and O–H groups in total. The third-order valence-electron chi connectivity index (χ3n) is 8.52. The fourth-order valence-corrected chi connectivity index (χ4v) is 7.88. The molecule has 1 unspecified atom stereocenters. The molecule has 2 fully saturated rings. The van der Waals surface area contributed by atoms with E-state index in [1.54, 1.807) is 12.2 Å². The van der Waals surface area contributed by atoms with E-state index in [1.165, 1.54) is 26.2 Å². The molecule has 0 spiro atoms. The van der Waals surface area contributed by atoms with E-state index in [2.05, 4.69) is 13.0 Å². The molecule has 36 heavy (non-hydrogen) atoms. The van der Waals surface area contributed by atoms with Gasteiger partial charge in [-0.15, -0.1) is 0 Å². The Morgan fingerprint density at radius 1 is 1.14 bits per heavy atom. The van der Waals surface area contributed by atoms with Gasteiger partial charge < -0.3 is 13.9 Å². The molecule has 6 atom stereocenters. The highest BCUT2D eigenvalue weighted by Gasteiger charge is 2.71. The quantitative estimate of drug-likeness (QED) is 0.264. The van der Waals surface area contributed by atoms with Crippen LogP contribution in [0.3, 0.4) is 0 Å². The number of carbonyl (C=O) groups is 3. The van der Waals surface area contributed by atoms with Gasteiger partial charge in [-0.05, 0) is 75.9 Å². The number of alkyl halides is 1. The summed E-state index contributed by atoms with van der Waals surface area (Å²) in [6, 6.07) is 0. The lowest BCUT2D eigenvalue weighted by Gasteiger charge is -2.62. The third kappa shape index (κ3) is 4.21. The Morgan fingerprint density at radius 2 is 1.83 bits per heavy atom. The largest absolute Gasteiger partial charge is 0.542 e. The Hall–Kier alpha value is -2.48. The normalized spacial score (nSPS) is 37.7. The average Bonchev–Trinajstić information content (AvgIpc) is 3.08. The van der Waals surface area contributed by atoms with Crippen LogP contribution in [0.4, 0.5) is 4.39 Å². The zero-order chi connectivity index (χ0) is 26.7. The van der Waals surface area contributed by atoms with Gasteiger partial charge in [0.05, 0.1) is 0 Å². The van der Waals surface area contributed by atoms with E-state index in [1.807, 2.05) is 26.6 Å². The van der Waals surface area contributed by atoms with E-state index in [-0.39, 0.29) is 18.1 Å². The van der Waals surface area contributed by atoms with Crippen LogP contribution in [0.15, 0.2) is 47.5 Å². The maximum absolute atomic E-state index is 17.7. The monoisotopic (exact) mass is 516 g/mol. The highest BCUT2D eigenvalue weighted by atomic mass is 28.4. The molecule has 4 aliphatic rings. The first-order valence-corrected chi connectivity index (χ1v) is 16.1. The van der Waals surface area contributed by atoms with E-state index in [4.69, 9.17) is 13.9 Å². The van der Waals surface area contributed by atoms with Crippen molar-refractivity contribution < 1.29 is 32.7 Å². The molecule has 0 aromatic carbocycles. The van der Waals surface area contributed by atoms with Crippen molar-refractivity contribution in [1.82, 2.24) is 0 Å². The maximum atomic E-state index is 17.7. The summed E-state index contributed by atoms with van der Waals surface area (Å²) in [4.78, 5) is 36.0. The lowest BCUT2D eigenvalue weighted by molar-refractivity contribution is -0.206. The predicted molar refractivity (Wildman–Crippen MR) is 136 cm³/mol. The van der Waals surface area contributed by atoms with E-state index in [9.17, 15) is 14.4 Å². The summed E-state index contributed by atoms with van der Waals surface area (Å²) in [6.07, 6.45) is 9.15. The van der Waals surface area contributed by atoms with Crippen molar-refractivity contribution in [3.05, 3.63) is 47.5 Å². The van der Waals surface area contributed by atoms with Gasteiger partial charge in [0.25, 0.3) is 0 Å². The van der Waals surface area contributed by atoms with Gasteiger partial charge >= 0.3 is 11.9 Å². The molecule has 0 heterocycles. The fraction of sp³-hybridized carbons (Fsp3) is 0.607. The SMILES string of the molecule is CC(=O)OC=C(O[Si](C)(C)C)C1=CC[C@H]2[C@@H]3CCC4=CC(=O)C=C[C@]4(C)C3(F)[C@@H](OC(C)=O)C[C@]12C. The second-order valence-electron chi connectivity index (χ2n) is 12.0. The molecule has 4 aliphatic carbocycles. The van der Waals surface area contributed by atoms with Crippen LogP contribution >= 0.6 is 0 Å². The van der Waals surface area contributed by atoms with E-state index in [0.29, 0.717) is 25.0 Å². The lowest BCUT2D eigenvalue weighted by Crippen LogP contribution is -2.67. The Balaban J connectivity index is 1.80. The molecule has 0 amide bonds. The summed E-state index contributed by atoms with van der Waals surface area (Å²) < 4.78 is 35.1. The second-order valence-corrected chi connectivity index (χ2v) is 16.4. The highest BCUT2D eigenvalue weighted by molar-refractivity contribution is 6.70. The number of allylic oxidation sites excluding steroid dienone is 6. The molecule has 0 aromatic rings. The molecule has 6 nitrogen and oxygen atoms in total. The van der Waals surface area contributed by atoms with Crippen LogP contribution < -0.4 is 0 Å². The van der Waals surface area contributed by atoms with Crippen molar-refractivity contribution in [1.29, 1.82) is 0 Å². The number of halogens is 1. The zero-order valence-electron chi connectivity index (χ0n) is 22.3. The molecule has 8 heteroatoms. The number of esters is 2. The molecule has 0 radical (unpaired) electrons. The minimum atomic E-state index is -2.09. The fourth-order valence-electron chi connectivity index (χ4n) is 7.06. The van der Waals surface area contributed by atoms with Gasteiger partial charge in [0.15, 0.2) is 11.5 Å². The summed E-state index contributed by atoms with van der Waals surface area (Å²) in [5.41, 5.74) is -1.83. The molecular formula is C28H37FO6Si. The van der Waals surface area contributed by atoms with E-state index < -0.39 is 48.8 Å². The first kappa shape index (κ1) is 26.6. The van der Waals surface area contributed by atoms with E-state index >= 15 is 4.39 Å². The van der Waals surface area contributed by atoms with Gasteiger partial charge in [0.2, 0.25) is 8.32 Å². The number of ketones is 1. The molecule has 4 rings (SSSR count). The smallest absolute Gasteiger partial charge is 0.307 e. The maximum Gasteiger partial charge on any atom is 0.307 e. The number of carbonyl (C=O) groups excluding carboxylic acids is 3. The minimum absolute atomic E-state index is 0.0697. The minimum Gasteiger partial charge on any atom is -0.542 e. The number of ether oxygens (including phenoxy) is 2. The molecule has 0 saturated heterocycles. The Bertz CT molecular complexity index is 1110. The standard InChI is InChI=1S/C28H37FO6Si/c1-17(30)33-16-24(35-36(5,6)7)23-11-10-21-22-9-8-19-14-20(32)12-13-27(19,4)28(22,29)25(34-18(2)31)15-26(21,23)3/h11-14,16,21-22,25H,8-10,15H2,1-7H3/t21-,22-,25-,26-,27-,28?/m0/s1. The van der Waals surface area contributed by atoms with Gasteiger partial charge in [-0.1, -0.05) is 24.6 Å². The van der Waals surface area contributed by atoms with Crippen molar-refractivity contribution >= 4 is 26.0 Å². The summed E-state index contributed by atoms with van der Waals surface area (Å²) >= 11 is 0. The molecule has 2 saturated carbocycles. The van der Waals surface area contributed by atoms with Gasteiger partial charge in [-0.25, -0.2) is 4.39 Å². The summed E-state index contributed by atoms with van der Waals surface area (Å²) in [7, 11) is -2.09. The Labute approximate surface area is 213 Å². The van der Waals surface area contributed by atoms with Crippen molar-refractivity contribution in [2.75, 3.05) is 0 Å². The van der Waals surface area contributed by atoms with Crippen LogP contribution in [0.2, 0.25) is 19.6 Å². The van der Waals surface area contributed by atoms with Crippen molar-refractivity contribution in [3.8, 4) is 0 Å². The van der Waals surface area contributed by atoms with Crippen molar-refractivity contribution in [2.24, 2.45) is 22.7 Å². The highest BCUT2D eigenvalue weighted by Crippen LogP contribution is 2.69. The predicted octanol–water partition coefficient (Wildman–Crippen LogP) is 5.72. The van der Waals surface area contributed by atoms with Crippen LogP contribution in [0, 0.1) is 22.7 Å². The Morgan fingerprint density at radius 3 is 2.44 bits per heavy atom. The van der Waals surface area contributed by atoms with Crippen LogP contribution in [0.5, 0.6) is 0 Å². The third-order valence-corrected chi connectivity index (χ3v) is 9.35. The number of rotatable bonds is 5. The summed E-state index contributed by atoms with van der Waals surface area (Å²) in [5.74, 6) is -1.10. The van der Waals surface area contributed by atoms with Crippen LogP contribution in [0.1, 0.15) is 53.4 Å². The van der Waals surface area contributed by atoms with Gasteiger partial charge in [-0.3, -0.25) is 14.4 Å². The molecule has 0 bridgehead atoms. The van der Waals surface area contributed by atoms with Gasteiger partial charge in [0, 0.05) is 30.6 Å². The summed E-state index contributed by atoms with van der Waals surface area (Å²) in [6.45, 7) is 12.7. The first-order valence-electron chi connectivity index (χ1n) is 12.7. The topological polar surface area (TPSA) is 78.9 Å². The van der Waals surface area contributed by atoms with Crippen LogP contribution in [-0.4, -0.2) is 37.8 Å². The number of hydrogen-bond acceptors (Lipinski definition) is 6. The second kappa shape index (κ2) is 8.82. The molecule has 196 valence electrons. The van der Waals surface area contributed by atoms with Gasteiger partial charge in [0.1, 0.15) is 18.1 Å². The molecular weight excluding hydrogens is 479 g/mol. The lowest BCUT2D eigenvalue weighted by atomic mass is 9.45. The zero-order valence-corrected chi connectivity index (χ0v) is 23.3. The first-order chi connectivity index (χ1) is 16.6. The van der Waals surface area contributed by atoms with Crippen LogP contribution in [0.25, 0.3) is 0 Å². The van der Waals surface area contributed by atoms with Gasteiger partial charge in [-0.2, -0.15) is 0 Å². The average molecular weight is 517 g/mol. The Kier molecular flexibility index (Phi) is 6.51. The molecule has 0 aromatic heterocycles. The number of hydrogen-bond donors (Lipinski definition) is 0. The van der Waals surface area contributed by atoms with Crippen molar-refractivity contribution in [3.63, 3.8) is 0 Å². The summed E-state index contributed by atoms with van der Waals surface area (Å²) in [5, 5.41) is 0. The molecule has 0 aliphatic heterocycles.